The van der Waals surface area contributed by atoms with Crippen LogP contribution in [0.5, 0.6) is 0 Å². The molecular formula is C20H18Cl2N2O3. The van der Waals surface area contributed by atoms with E-state index in [1.807, 2.05) is 6.92 Å². The summed E-state index contributed by atoms with van der Waals surface area (Å²) in [5.74, 6) is -0.556. The Morgan fingerprint density at radius 2 is 1.70 bits per heavy atom. The number of carbonyl (C=O) groups is 3. The first kappa shape index (κ1) is 19.4. The molecule has 0 saturated carbocycles. The smallest absolute Gasteiger partial charge is 0.251 e. The minimum atomic E-state index is -0.290. The third-order valence-corrected chi connectivity index (χ3v) is 5.05. The first-order valence-corrected chi connectivity index (χ1v) is 9.28. The minimum absolute atomic E-state index is 0.157. The second-order valence-corrected chi connectivity index (χ2v) is 7.28. The summed E-state index contributed by atoms with van der Waals surface area (Å²) in [5.41, 5.74) is 2.05. The van der Waals surface area contributed by atoms with E-state index in [0.717, 1.165) is 11.1 Å². The lowest BCUT2D eigenvalue weighted by Crippen LogP contribution is -2.28. The fourth-order valence-electron chi connectivity index (χ4n) is 2.95. The molecule has 0 radical (unpaired) electrons. The van der Waals surface area contributed by atoms with E-state index in [2.05, 4.69) is 5.32 Å². The second-order valence-electron chi connectivity index (χ2n) is 6.43. The van der Waals surface area contributed by atoms with Gasteiger partial charge in [-0.1, -0.05) is 41.4 Å². The van der Waals surface area contributed by atoms with Crippen molar-refractivity contribution in [3.05, 3.63) is 69.2 Å². The Morgan fingerprint density at radius 3 is 2.30 bits per heavy atom. The van der Waals surface area contributed by atoms with Crippen molar-refractivity contribution in [2.24, 2.45) is 0 Å². The van der Waals surface area contributed by atoms with E-state index in [4.69, 9.17) is 23.2 Å². The molecule has 0 aliphatic carbocycles. The number of likely N-dealkylation sites (tertiary alicyclic amines) is 1. The molecule has 27 heavy (non-hydrogen) atoms. The fraction of sp³-hybridized carbons (Fsp3) is 0.250. The van der Waals surface area contributed by atoms with Crippen LogP contribution in [0.4, 0.5) is 0 Å². The largest absolute Gasteiger partial charge is 0.345 e. The molecule has 5 nitrogen and oxygen atoms in total. The quantitative estimate of drug-likeness (QED) is 0.761. The van der Waals surface area contributed by atoms with Gasteiger partial charge in [-0.2, -0.15) is 0 Å². The third-order valence-electron chi connectivity index (χ3n) is 4.49. The first-order valence-electron chi connectivity index (χ1n) is 8.53. The Hall–Kier alpha value is -2.37. The maximum atomic E-state index is 12.5. The molecule has 1 saturated heterocycles. The Bertz CT molecular complexity index is 881. The highest BCUT2D eigenvalue weighted by Gasteiger charge is 2.28. The predicted molar refractivity (Wildman–Crippen MR) is 104 cm³/mol. The lowest BCUT2D eigenvalue weighted by Gasteiger charge is -2.17. The number of carbonyl (C=O) groups excluding carboxylic acids is 3. The molecule has 0 aromatic heterocycles. The molecule has 1 atom stereocenters. The SMILES string of the molecule is C[C@H](NC(=O)c1ccc(CN2C(=O)CCC2=O)cc1)c1ccc(Cl)cc1Cl. The van der Waals surface area contributed by atoms with Crippen LogP contribution in [0.2, 0.25) is 10.0 Å². The van der Waals surface area contributed by atoms with E-state index in [1.54, 1.807) is 42.5 Å². The average Bonchev–Trinajstić information content (AvgIpc) is 2.94. The van der Waals surface area contributed by atoms with Crippen molar-refractivity contribution in [1.29, 1.82) is 0 Å². The van der Waals surface area contributed by atoms with Gasteiger partial charge in [0, 0.05) is 28.5 Å². The van der Waals surface area contributed by atoms with Gasteiger partial charge in [-0.15, -0.1) is 0 Å². The molecule has 3 rings (SSSR count). The van der Waals surface area contributed by atoms with Crippen LogP contribution >= 0.6 is 23.2 Å². The Balaban J connectivity index is 1.65. The highest BCUT2D eigenvalue weighted by atomic mass is 35.5. The monoisotopic (exact) mass is 404 g/mol. The van der Waals surface area contributed by atoms with Crippen LogP contribution in [0.1, 0.15) is 47.3 Å². The van der Waals surface area contributed by atoms with E-state index in [1.165, 1.54) is 4.90 Å². The number of hydrogen-bond donors (Lipinski definition) is 1. The minimum Gasteiger partial charge on any atom is -0.345 e. The molecule has 1 fully saturated rings. The zero-order chi connectivity index (χ0) is 19.6. The Labute approximate surface area is 167 Å². The predicted octanol–water partition coefficient (Wildman–Crippen LogP) is 4.13. The molecule has 3 amide bonds. The number of nitrogens with one attached hydrogen (secondary N) is 1. The molecule has 0 bridgehead atoms. The third kappa shape index (κ3) is 4.49. The normalized spacial score (nSPS) is 15.1. The van der Waals surface area contributed by atoms with Gasteiger partial charge >= 0.3 is 0 Å². The van der Waals surface area contributed by atoms with E-state index in [0.29, 0.717) is 15.6 Å². The summed E-state index contributed by atoms with van der Waals surface area (Å²) < 4.78 is 0. The molecule has 7 heteroatoms. The van der Waals surface area contributed by atoms with Gasteiger partial charge in [-0.25, -0.2) is 0 Å². The Kier molecular flexibility index (Phi) is 5.82. The van der Waals surface area contributed by atoms with Crippen molar-refractivity contribution in [2.75, 3.05) is 0 Å². The molecule has 1 aliphatic heterocycles. The van der Waals surface area contributed by atoms with E-state index in [9.17, 15) is 14.4 Å². The van der Waals surface area contributed by atoms with Gasteiger partial charge in [0.25, 0.3) is 5.91 Å². The molecule has 2 aromatic rings. The lowest BCUT2D eigenvalue weighted by atomic mass is 10.1. The van der Waals surface area contributed by atoms with Gasteiger partial charge in [-0.05, 0) is 42.3 Å². The van der Waals surface area contributed by atoms with Crippen LogP contribution < -0.4 is 5.32 Å². The molecule has 1 N–H and O–H groups in total. The summed E-state index contributed by atoms with van der Waals surface area (Å²) in [5, 5.41) is 3.92. The molecular weight excluding hydrogens is 387 g/mol. The van der Waals surface area contributed by atoms with Crippen LogP contribution in [-0.2, 0) is 16.1 Å². The first-order chi connectivity index (χ1) is 12.8. The summed E-state index contributed by atoms with van der Waals surface area (Å²) in [6.45, 7) is 2.07. The van der Waals surface area contributed by atoms with Crippen molar-refractivity contribution in [1.82, 2.24) is 10.2 Å². The highest BCUT2D eigenvalue weighted by Crippen LogP contribution is 2.26. The second kappa shape index (κ2) is 8.11. The summed E-state index contributed by atoms with van der Waals surface area (Å²) in [7, 11) is 0. The van der Waals surface area contributed by atoms with Crippen molar-refractivity contribution in [2.45, 2.75) is 32.4 Å². The number of nitrogens with zero attached hydrogens (tertiary/aromatic N) is 1. The summed E-state index contributed by atoms with van der Waals surface area (Å²) in [4.78, 5) is 37.1. The average molecular weight is 405 g/mol. The summed E-state index contributed by atoms with van der Waals surface area (Å²) >= 11 is 12.1. The molecule has 0 unspecified atom stereocenters. The summed E-state index contributed by atoms with van der Waals surface area (Å²) in [6, 6.07) is 11.7. The molecule has 140 valence electrons. The van der Waals surface area contributed by atoms with Crippen LogP contribution in [0.3, 0.4) is 0 Å². The van der Waals surface area contributed by atoms with Crippen molar-refractivity contribution in [3.63, 3.8) is 0 Å². The zero-order valence-corrected chi connectivity index (χ0v) is 16.2. The van der Waals surface area contributed by atoms with Crippen LogP contribution in [-0.4, -0.2) is 22.6 Å². The van der Waals surface area contributed by atoms with Crippen molar-refractivity contribution >= 4 is 40.9 Å². The number of hydrogen-bond acceptors (Lipinski definition) is 3. The van der Waals surface area contributed by atoms with Gasteiger partial charge in [0.15, 0.2) is 0 Å². The van der Waals surface area contributed by atoms with Gasteiger partial charge in [0.2, 0.25) is 11.8 Å². The topological polar surface area (TPSA) is 66.5 Å². The van der Waals surface area contributed by atoms with Crippen LogP contribution in [0.25, 0.3) is 0 Å². The highest BCUT2D eigenvalue weighted by molar-refractivity contribution is 6.35. The zero-order valence-electron chi connectivity index (χ0n) is 14.7. The fourth-order valence-corrected chi connectivity index (χ4v) is 3.53. The number of amides is 3. The maximum absolute atomic E-state index is 12.5. The van der Waals surface area contributed by atoms with E-state index >= 15 is 0 Å². The van der Waals surface area contributed by atoms with Crippen LogP contribution in [0, 0.1) is 0 Å². The van der Waals surface area contributed by atoms with E-state index < -0.39 is 0 Å². The van der Waals surface area contributed by atoms with Crippen molar-refractivity contribution < 1.29 is 14.4 Å². The maximum Gasteiger partial charge on any atom is 0.251 e. The molecule has 1 aliphatic rings. The van der Waals surface area contributed by atoms with Crippen LogP contribution in [0.15, 0.2) is 42.5 Å². The number of imide groups is 1. The molecule has 2 aromatic carbocycles. The Morgan fingerprint density at radius 1 is 1.07 bits per heavy atom. The lowest BCUT2D eigenvalue weighted by molar-refractivity contribution is -0.139. The van der Waals surface area contributed by atoms with Gasteiger partial charge < -0.3 is 5.32 Å². The number of rotatable bonds is 5. The number of benzene rings is 2. The van der Waals surface area contributed by atoms with Crippen molar-refractivity contribution in [3.8, 4) is 0 Å². The molecule has 0 spiro atoms. The van der Waals surface area contributed by atoms with E-state index in [-0.39, 0.29) is 43.1 Å². The van der Waals surface area contributed by atoms with Gasteiger partial charge in [0.1, 0.15) is 0 Å². The number of halogens is 2. The van der Waals surface area contributed by atoms with Gasteiger partial charge in [-0.3, -0.25) is 19.3 Å². The standard InChI is InChI=1S/C20H18Cl2N2O3/c1-12(16-7-6-15(21)10-17(16)22)23-20(27)14-4-2-13(3-5-14)11-24-18(25)8-9-19(24)26/h2-7,10,12H,8-9,11H2,1H3,(H,23,27)/t12-/m0/s1. The molecule has 1 heterocycles. The van der Waals surface area contributed by atoms with Gasteiger partial charge in [0.05, 0.1) is 12.6 Å². The summed E-state index contributed by atoms with van der Waals surface area (Å²) in [6.07, 6.45) is 0.537.